The fourth-order valence-corrected chi connectivity index (χ4v) is 1.73. The molecule has 2 N–H and O–H groups in total. The highest BCUT2D eigenvalue weighted by Gasteiger charge is 2.05. The van der Waals surface area contributed by atoms with Gasteiger partial charge in [-0.25, -0.2) is 4.79 Å². The first kappa shape index (κ1) is 13.7. The Labute approximate surface area is 116 Å². The van der Waals surface area contributed by atoms with Crippen molar-refractivity contribution in [2.24, 2.45) is 0 Å². The Morgan fingerprint density at radius 1 is 1.15 bits per heavy atom. The predicted octanol–water partition coefficient (Wildman–Crippen LogP) is 2.35. The zero-order valence-corrected chi connectivity index (χ0v) is 10.7. The summed E-state index contributed by atoms with van der Waals surface area (Å²) in [5, 5.41) is 11.5. The Morgan fingerprint density at radius 2 is 1.90 bits per heavy atom. The zero-order chi connectivity index (χ0) is 14.4. The molecule has 20 heavy (non-hydrogen) atoms. The van der Waals surface area contributed by atoms with Crippen molar-refractivity contribution in [3.63, 3.8) is 0 Å². The molecule has 1 amide bonds. The van der Waals surface area contributed by atoms with Crippen LogP contribution in [0.25, 0.3) is 0 Å². The van der Waals surface area contributed by atoms with Crippen molar-refractivity contribution in [3.8, 4) is 0 Å². The highest BCUT2D eigenvalue weighted by atomic mass is 16.4. The molecule has 0 aliphatic carbocycles. The highest BCUT2D eigenvalue weighted by molar-refractivity contribution is 5.90. The third-order valence-electron chi connectivity index (χ3n) is 2.79. The van der Waals surface area contributed by atoms with E-state index in [0.717, 1.165) is 5.56 Å². The number of benzene rings is 1. The minimum absolute atomic E-state index is 0.0969. The second-order valence-corrected chi connectivity index (χ2v) is 4.29. The molecule has 1 heterocycles. The number of carbonyl (C=O) groups is 2. The standard InChI is InChI=1S/C15H14N2O3/c18-14(17-13-2-1-9-16-10-13)8-5-11-3-6-12(7-4-11)15(19)20/h1-4,6-7,9-10H,5,8H2,(H,17,18)(H,19,20). The summed E-state index contributed by atoms with van der Waals surface area (Å²) >= 11 is 0. The first-order valence-corrected chi connectivity index (χ1v) is 6.17. The largest absolute Gasteiger partial charge is 0.478 e. The molecule has 0 saturated carbocycles. The zero-order valence-electron chi connectivity index (χ0n) is 10.7. The number of aryl methyl sites for hydroxylation is 1. The summed E-state index contributed by atoms with van der Waals surface area (Å²) in [5.41, 5.74) is 1.84. The number of hydrogen-bond donors (Lipinski definition) is 2. The van der Waals surface area contributed by atoms with Crippen LogP contribution in [0.4, 0.5) is 5.69 Å². The van der Waals surface area contributed by atoms with Crippen LogP contribution in [0.3, 0.4) is 0 Å². The number of carboxylic acids is 1. The molecule has 1 aromatic carbocycles. The molecular formula is C15H14N2O3. The average Bonchev–Trinajstić information content (AvgIpc) is 2.46. The van der Waals surface area contributed by atoms with E-state index in [4.69, 9.17) is 5.11 Å². The number of aromatic nitrogens is 1. The van der Waals surface area contributed by atoms with E-state index in [1.807, 2.05) is 0 Å². The minimum atomic E-state index is -0.953. The summed E-state index contributed by atoms with van der Waals surface area (Å²) in [6, 6.07) is 10.0. The van der Waals surface area contributed by atoms with Crippen molar-refractivity contribution >= 4 is 17.6 Å². The van der Waals surface area contributed by atoms with E-state index in [1.54, 1.807) is 36.7 Å². The van der Waals surface area contributed by atoms with Crippen molar-refractivity contribution in [1.29, 1.82) is 0 Å². The topological polar surface area (TPSA) is 79.3 Å². The van der Waals surface area contributed by atoms with Crippen LogP contribution in [0, 0.1) is 0 Å². The third-order valence-corrected chi connectivity index (χ3v) is 2.79. The Balaban J connectivity index is 1.85. The van der Waals surface area contributed by atoms with Gasteiger partial charge in [0.25, 0.3) is 0 Å². The molecule has 0 spiro atoms. The summed E-state index contributed by atoms with van der Waals surface area (Å²) in [6.45, 7) is 0. The average molecular weight is 270 g/mol. The normalized spacial score (nSPS) is 10.0. The maximum Gasteiger partial charge on any atom is 0.335 e. The van der Waals surface area contributed by atoms with Gasteiger partial charge in [0.2, 0.25) is 5.91 Å². The predicted molar refractivity (Wildman–Crippen MR) is 74.6 cm³/mol. The maximum absolute atomic E-state index is 11.7. The van der Waals surface area contributed by atoms with E-state index >= 15 is 0 Å². The van der Waals surface area contributed by atoms with E-state index in [1.165, 1.54) is 12.1 Å². The van der Waals surface area contributed by atoms with Crippen molar-refractivity contribution in [2.75, 3.05) is 5.32 Å². The van der Waals surface area contributed by atoms with Gasteiger partial charge in [-0.2, -0.15) is 0 Å². The van der Waals surface area contributed by atoms with Gasteiger partial charge in [0.15, 0.2) is 0 Å². The molecule has 0 bridgehead atoms. The van der Waals surface area contributed by atoms with Crippen LogP contribution in [0.5, 0.6) is 0 Å². The lowest BCUT2D eigenvalue weighted by Gasteiger charge is -2.05. The Bertz CT molecular complexity index is 594. The molecule has 5 nitrogen and oxygen atoms in total. The minimum Gasteiger partial charge on any atom is -0.478 e. The molecule has 1 aromatic heterocycles. The molecule has 0 saturated heterocycles. The molecule has 5 heteroatoms. The molecule has 0 atom stereocenters. The van der Waals surface area contributed by atoms with Crippen LogP contribution >= 0.6 is 0 Å². The monoisotopic (exact) mass is 270 g/mol. The number of nitrogens with zero attached hydrogens (tertiary/aromatic N) is 1. The molecule has 2 rings (SSSR count). The van der Waals surface area contributed by atoms with Gasteiger partial charge >= 0.3 is 5.97 Å². The van der Waals surface area contributed by atoms with E-state index in [2.05, 4.69) is 10.3 Å². The van der Waals surface area contributed by atoms with Gasteiger partial charge in [0.1, 0.15) is 0 Å². The fourth-order valence-electron chi connectivity index (χ4n) is 1.73. The lowest BCUT2D eigenvalue weighted by molar-refractivity contribution is -0.116. The summed E-state index contributed by atoms with van der Waals surface area (Å²) in [5.74, 6) is -1.05. The van der Waals surface area contributed by atoms with Gasteiger partial charge in [-0.1, -0.05) is 12.1 Å². The first-order valence-electron chi connectivity index (χ1n) is 6.17. The van der Waals surface area contributed by atoms with E-state index in [0.29, 0.717) is 18.5 Å². The van der Waals surface area contributed by atoms with Crippen LogP contribution < -0.4 is 5.32 Å². The highest BCUT2D eigenvalue weighted by Crippen LogP contribution is 2.08. The lowest BCUT2D eigenvalue weighted by atomic mass is 10.1. The number of hydrogen-bond acceptors (Lipinski definition) is 3. The van der Waals surface area contributed by atoms with Crippen molar-refractivity contribution in [2.45, 2.75) is 12.8 Å². The summed E-state index contributed by atoms with van der Waals surface area (Å²) in [4.78, 5) is 26.4. The first-order chi connectivity index (χ1) is 9.65. The number of nitrogens with one attached hydrogen (secondary N) is 1. The van der Waals surface area contributed by atoms with Gasteiger partial charge < -0.3 is 10.4 Å². The number of rotatable bonds is 5. The van der Waals surface area contributed by atoms with Gasteiger partial charge in [-0.05, 0) is 36.2 Å². The maximum atomic E-state index is 11.7. The van der Waals surface area contributed by atoms with Crippen LogP contribution in [0.2, 0.25) is 0 Å². The Hall–Kier alpha value is -2.69. The van der Waals surface area contributed by atoms with Gasteiger partial charge in [-0.3, -0.25) is 9.78 Å². The van der Waals surface area contributed by atoms with Crippen LogP contribution in [0.1, 0.15) is 22.3 Å². The number of anilines is 1. The summed E-state index contributed by atoms with van der Waals surface area (Å²) in [6.07, 6.45) is 4.12. The van der Waals surface area contributed by atoms with Crippen LogP contribution in [0.15, 0.2) is 48.8 Å². The molecular weight excluding hydrogens is 256 g/mol. The Kier molecular flexibility index (Phi) is 4.44. The van der Waals surface area contributed by atoms with Gasteiger partial charge in [0, 0.05) is 12.6 Å². The molecule has 102 valence electrons. The number of pyridine rings is 1. The molecule has 2 aromatic rings. The number of amides is 1. The summed E-state index contributed by atoms with van der Waals surface area (Å²) < 4.78 is 0. The Morgan fingerprint density at radius 3 is 2.50 bits per heavy atom. The number of aromatic carboxylic acids is 1. The molecule has 0 fully saturated rings. The van der Waals surface area contributed by atoms with Crippen LogP contribution in [-0.4, -0.2) is 22.0 Å². The van der Waals surface area contributed by atoms with E-state index in [9.17, 15) is 9.59 Å². The van der Waals surface area contributed by atoms with Gasteiger partial charge in [-0.15, -0.1) is 0 Å². The molecule has 0 unspecified atom stereocenters. The number of carbonyl (C=O) groups excluding carboxylic acids is 1. The quantitative estimate of drug-likeness (QED) is 0.874. The van der Waals surface area contributed by atoms with E-state index in [-0.39, 0.29) is 11.5 Å². The third kappa shape index (κ3) is 3.91. The molecule has 0 radical (unpaired) electrons. The van der Waals surface area contributed by atoms with Crippen LogP contribution in [-0.2, 0) is 11.2 Å². The molecule has 0 aliphatic heterocycles. The SMILES string of the molecule is O=C(CCc1ccc(C(=O)O)cc1)Nc1cccnc1. The second-order valence-electron chi connectivity index (χ2n) is 4.29. The van der Waals surface area contributed by atoms with E-state index < -0.39 is 5.97 Å². The molecule has 0 aliphatic rings. The second kappa shape index (κ2) is 6.47. The van der Waals surface area contributed by atoms with Gasteiger partial charge in [0.05, 0.1) is 17.4 Å². The smallest absolute Gasteiger partial charge is 0.335 e. The van der Waals surface area contributed by atoms with Crippen molar-refractivity contribution in [1.82, 2.24) is 4.98 Å². The van der Waals surface area contributed by atoms with Crippen molar-refractivity contribution < 1.29 is 14.7 Å². The summed E-state index contributed by atoms with van der Waals surface area (Å²) in [7, 11) is 0. The number of carboxylic acid groups (broad SMARTS) is 1. The lowest BCUT2D eigenvalue weighted by Crippen LogP contribution is -2.12. The fraction of sp³-hybridized carbons (Fsp3) is 0.133. The van der Waals surface area contributed by atoms with Crippen molar-refractivity contribution in [3.05, 3.63) is 59.9 Å².